The van der Waals surface area contributed by atoms with Crippen LogP contribution in [0, 0.1) is 11.3 Å². The fourth-order valence-electron chi connectivity index (χ4n) is 2.55. The van der Waals surface area contributed by atoms with Crippen molar-refractivity contribution in [2.45, 2.75) is 6.92 Å². The first-order valence-electron chi connectivity index (χ1n) is 8.56. The summed E-state index contributed by atoms with van der Waals surface area (Å²) in [6.07, 6.45) is 1.33. The largest absolute Gasteiger partial charge is 0.462 e. The molecule has 0 atom stereocenters. The lowest BCUT2D eigenvalue weighted by Gasteiger charge is -2.08. The Kier molecular flexibility index (Phi) is 6.65. The molecule has 0 aliphatic heterocycles. The highest BCUT2D eigenvalue weighted by Crippen LogP contribution is 2.36. The molecule has 0 fully saturated rings. The lowest BCUT2D eigenvalue weighted by Crippen LogP contribution is -2.16. The fourth-order valence-corrected chi connectivity index (χ4v) is 3.82. The number of esters is 1. The van der Waals surface area contributed by atoms with Crippen LogP contribution < -0.4 is 5.32 Å². The normalized spacial score (nSPS) is 11.0. The van der Waals surface area contributed by atoms with Crippen molar-refractivity contribution in [3.8, 4) is 17.2 Å². The second kappa shape index (κ2) is 9.37. The summed E-state index contributed by atoms with van der Waals surface area (Å²) in [4.78, 5) is 25.2. The Labute approximate surface area is 179 Å². The summed E-state index contributed by atoms with van der Waals surface area (Å²) in [5.74, 6) is -0.835. The molecule has 1 amide bonds. The second-order valence-corrected chi connectivity index (χ2v) is 7.37. The Bertz CT molecular complexity index is 1110. The van der Waals surface area contributed by atoms with Crippen molar-refractivity contribution >= 4 is 50.2 Å². The predicted octanol–water partition coefficient (Wildman–Crippen LogP) is 5.49. The molecule has 0 saturated carbocycles. The zero-order valence-electron chi connectivity index (χ0n) is 15.3. The zero-order valence-corrected chi connectivity index (χ0v) is 17.7. The molecule has 0 radical (unpaired) electrons. The first-order chi connectivity index (χ1) is 14.0. The summed E-state index contributed by atoms with van der Waals surface area (Å²) in [6, 6.07) is 14.5. The summed E-state index contributed by atoms with van der Waals surface area (Å²) in [5, 5.41) is 14.1. The van der Waals surface area contributed by atoms with Gasteiger partial charge in [-0.3, -0.25) is 4.79 Å². The lowest BCUT2D eigenvalue weighted by atomic mass is 10.0. The molecule has 1 N–H and O–H groups in total. The van der Waals surface area contributed by atoms with E-state index in [0.29, 0.717) is 21.0 Å². The number of amides is 1. The molecule has 146 valence electrons. The van der Waals surface area contributed by atoms with E-state index in [1.165, 1.54) is 17.4 Å². The average molecular weight is 471 g/mol. The van der Waals surface area contributed by atoms with Gasteiger partial charge in [0.05, 0.1) is 6.61 Å². The Balaban J connectivity index is 1.95. The molecule has 3 rings (SSSR count). The number of anilines is 1. The lowest BCUT2D eigenvalue weighted by molar-refractivity contribution is -0.112. The van der Waals surface area contributed by atoms with E-state index in [-0.39, 0.29) is 17.7 Å². The fraction of sp³-hybridized carbons (Fsp3) is 0.0952. The van der Waals surface area contributed by atoms with Crippen molar-refractivity contribution in [1.82, 2.24) is 0 Å². The monoisotopic (exact) mass is 470 g/mol. The van der Waals surface area contributed by atoms with Gasteiger partial charge in [0.1, 0.15) is 28.0 Å². The van der Waals surface area contributed by atoms with Crippen LogP contribution in [0.3, 0.4) is 0 Å². The molecule has 0 spiro atoms. The van der Waals surface area contributed by atoms with E-state index < -0.39 is 11.9 Å². The van der Waals surface area contributed by atoms with E-state index in [9.17, 15) is 14.9 Å². The summed E-state index contributed by atoms with van der Waals surface area (Å²) in [7, 11) is 0. The molecule has 1 aromatic carbocycles. The van der Waals surface area contributed by atoms with Crippen LogP contribution in [0.15, 0.2) is 62.5 Å². The molecule has 0 aliphatic rings. The van der Waals surface area contributed by atoms with Gasteiger partial charge in [0.2, 0.25) is 0 Å². The smallest absolute Gasteiger partial charge is 0.341 e. The van der Waals surface area contributed by atoms with Crippen molar-refractivity contribution < 1.29 is 18.7 Å². The number of furan rings is 1. The number of hydrogen-bond donors (Lipinski definition) is 1. The molecule has 8 heteroatoms. The molecule has 0 aliphatic carbocycles. The molecular weight excluding hydrogens is 456 g/mol. The molecule has 3 aromatic rings. The number of nitrogens with one attached hydrogen (secondary N) is 1. The van der Waals surface area contributed by atoms with Crippen LogP contribution >= 0.6 is 27.3 Å². The topological polar surface area (TPSA) is 92.3 Å². The van der Waals surface area contributed by atoms with Gasteiger partial charge in [-0.1, -0.05) is 30.3 Å². The third kappa shape index (κ3) is 4.83. The number of hydrogen-bond acceptors (Lipinski definition) is 6. The second-order valence-electron chi connectivity index (χ2n) is 5.71. The van der Waals surface area contributed by atoms with E-state index in [4.69, 9.17) is 9.15 Å². The van der Waals surface area contributed by atoms with Gasteiger partial charge in [0.25, 0.3) is 5.91 Å². The average Bonchev–Trinajstić information content (AvgIpc) is 3.32. The quantitative estimate of drug-likeness (QED) is 0.292. The van der Waals surface area contributed by atoms with Crippen LogP contribution in [-0.2, 0) is 9.53 Å². The van der Waals surface area contributed by atoms with Gasteiger partial charge in [-0.25, -0.2) is 4.79 Å². The van der Waals surface area contributed by atoms with E-state index in [2.05, 4.69) is 21.2 Å². The minimum Gasteiger partial charge on any atom is -0.462 e. The maximum absolute atomic E-state index is 12.6. The van der Waals surface area contributed by atoms with Gasteiger partial charge in [-0.2, -0.15) is 5.26 Å². The number of nitrogens with zero attached hydrogens (tertiary/aromatic N) is 1. The maximum Gasteiger partial charge on any atom is 0.341 e. The number of carbonyl (C=O) groups excluding carboxylic acids is 2. The molecule has 2 heterocycles. The van der Waals surface area contributed by atoms with Gasteiger partial charge in [0, 0.05) is 17.0 Å². The summed E-state index contributed by atoms with van der Waals surface area (Å²) < 4.78 is 11.0. The first kappa shape index (κ1) is 20.6. The molecule has 6 nitrogen and oxygen atoms in total. The minimum absolute atomic E-state index is 0.156. The minimum atomic E-state index is -0.646. The number of thiophene rings is 1. The SMILES string of the molecule is CCOC(=O)c1c(-c2ccccc2)csc1NC(=O)/C(C#N)=C/c1ccc(Br)o1. The van der Waals surface area contributed by atoms with Crippen LogP contribution in [0.1, 0.15) is 23.0 Å². The van der Waals surface area contributed by atoms with E-state index >= 15 is 0 Å². The van der Waals surface area contributed by atoms with Crippen molar-refractivity contribution in [2.24, 2.45) is 0 Å². The van der Waals surface area contributed by atoms with Gasteiger partial charge in [0.15, 0.2) is 4.67 Å². The van der Waals surface area contributed by atoms with Crippen molar-refractivity contribution in [3.05, 3.63) is 69.4 Å². The Hall–Kier alpha value is -3.15. The van der Waals surface area contributed by atoms with Gasteiger partial charge >= 0.3 is 5.97 Å². The first-order valence-corrected chi connectivity index (χ1v) is 10.2. The standard InChI is InChI=1S/C21H15BrN2O4S/c1-2-27-21(26)18-16(13-6-4-3-5-7-13)12-29-20(18)24-19(25)14(11-23)10-15-8-9-17(22)28-15/h3-10,12H,2H2,1H3,(H,24,25)/b14-10+. The highest BCUT2D eigenvalue weighted by atomic mass is 79.9. The number of carbonyl (C=O) groups is 2. The Morgan fingerprint density at radius 3 is 2.66 bits per heavy atom. The zero-order chi connectivity index (χ0) is 20.8. The number of nitriles is 1. The number of ether oxygens (including phenoxy) is 1. The number of halogens is 1. The van der Waals surface area contributed by atoms with Crippen LogP contribution in [0.2, 0.25) is 0 Å². The van der Waals surface area contributed by atoms with Crippen molar-refractivity contribution in [1.29, 1.82) is 5.26 Å². The third-order valence-corrected chi connectivity index (χ3v) is 5.15. The van der Waals surface area contributed by atoms with Crippen LogP contribution in [0.5, 0.6) is 0 Å². The van der Waals surface area contributed by atoms with Crippen LogP contribution in [0.25, 0.3) is 17.2 Å². The third-order valence-electron chi connectivity index (χ3n) is 3.83. The summed E-state index contributed by atoms with van der Waals surface area (Å²) in [5.41, 5.74) is 1.58. The summed E-state index contributed by atoms with van der Waals surface area (Å²) in [6.45, 7) is 1.91. The predicted molar refractivity (Wildman–Crippen MR) is 114 cm³/mol. The van der Waals surface area contributed by atoms with Crippen LogP contribution in [-0.4, -0.2) is 18.5 Å². The molecule has 0 unspecified atom stereocenters. The highest BCUT2D eigenvalue weighted by molar-refractivity contribution is 9.10. The van der Waals surface area contributed by atoms with Gasteiger partial charge < -0.3 is 14.5 Å². The van der Waals surface area contributed by atoms with Crippen molar-refractivity contribution in [2.75, 3.05) is 11.9 Å². The molecule has 0 bridgehead atoms. The highest BCUT2D eigenvalue weighted by Gasteiger charge is 2.23. The van der Waals surface area contributed by atoms with E-state index in [1.807, 2.05) is 36.4 Å². The Morgan fingerprint density at radius 1 is 1.28 bits per heavy atom. The Morgan fingerprint density at radius 2 is 2.03 bits per heavy atom. The molecule has 2 aromatic heterocycles. The van der Waals surface area contributed by atoms with Gasteiger partial charge in [-0.05, 0) is 40.5 Å². The molecule has 29 heavy (non-hydrogen) atoms. The van der Waals surface area contributed by atoms with Crippen molar-refractivity contribution in [3.63, 3.8) is 0 Å². The van der Waals surface area contributed by atoms with E-state index in [0.717, 1.165) is 5.56 Å². The van der Waals surface area contributed by atoms with Gasteiger partial charge in [-0.15, -0.1) is 11.3 Å². The molecule has 0 saturated heterocycles. The number of rotatable bonds is 6. The maximum atomic E-state index is 12.6. The number of benzene rings is 1. The summed E-state index contributed by atoms with van der Waals surface area (Å²) >= 11 is 4.36. The molecular formula is C21H15BrN2O4S. The van der Waals surface area contributed by atoms with E-state index in [1.54, 1.807) is 24.4 Å². The van der Waals surface area contributed by atoms with Crippen LogP contribution in [0.4, 0.5) is 5.00 Å².